The minimum absolute atomic E-state index is 0.138. The zero-order valence-electron chi connectivity index (χ0n) is 15.1. The molecular weight excluding hydrogens is 306 g/mol. The summed E-state index contributed by atoms with van der Waals surface area (Å²) in [7, 11) is 0. The molecule has 0 aliphatic rings. The number of unbranched alkanes of at least 4 members (excludes halogenated alkanes) is 1. The average molecular weight is 337 g/mol. The SMILES string of the molecule is C=Cc1ncc(OCCOC(C)C)c(N[C@H](CCO)CCCC)n1. The number of nitrogens with zero attached hydrogens (tertiary/aromatic N) is 2. The van der Waals surface area contributed by atoms with Crippen molar-refractivity contribution in [2.75, 3.05) is 25.1 Å². The summed E-state index contributed by atoms with van der Waals surface area (Å²) in [4.78, 5) is 8.65. The van der Waals surface area contributed by atoms with E-state index in [2.05, 4.69) is 28.8 Å². The van der Waals surface area contributed by atoms with Crippen LogP contribution in [0.1, 0.15) is 52.3 Å². The molecule has 1 rings (SSSR count). The summed E-state index contributed by atoms with van der Waals surface area (Å²) < 4.78 is 11.2. The van der Waals surface area contributed by atoms with Crippen molar-refractivity contribution in [2.24, 2.45) is 0 Å². The van der Waals surface area contributed by atoms with E-state index in [1.54, 1.807) is 12.3 Å². The normalized spacial score (nSPS) is 12.2. The van der Waals surface area contributed by atoms with E-state index >= 15 is 0 Å². The van der Waals surface area contributed by atoms with Gasteiger partial charge in [0.05, 0.1) is 18.9 Å². The lowest BCUT2D eigenvalue weighted by atomic mass is 10.1. The molecule has 1 heterocycles. The summed E-state index contributed by atoms with van der Waals surface area (Å²) in [6.07, 6.45) is 7.27. The number of nitrogens with one attached hydrogen (secondary N) is 1. The summed E-state index contributed by atoms with van der Waals surface area (Å²) in [6, 6.07) is 0.150. The van der Waals surface area contributed by atoms with Gasteiger partial charge in [0.1, 0.15) is 6.61 Å². The number of ether oxygens (including phenoxy) is 2. The Labute approximate surface area is 145 Å². The fraction of sp³-hybridized carbons (Fsp3) is 0.667. The molecule has 6 heteroatoms. The molecule has 0 amide bonds. The van der Waals surface area contributed by atoms with Gasteiger partial charge in [-0.3, -0.25) is 0 Å². The van der Waals surface area contributed by atoms with Crippen molar-refractivity contribution in [3.8, 4) is 5.75 Å². The van der Waals surface area contributed by atoms with E-state index in [1.165, 1.54) is 0 Å². The molecule has 0 aromatic carbocycles. The molecule has 0 unspecified atom stereocenters. The van der Waals surface area contributed by atoms with E-state index in [1.807, 2.05) is 13.8 Å². The highest BCUT2D eigenvalue weighted by Crippen LogP contribution is 2.23. The van der Waals surface area contributed by atoms with Gasteiger partial charge in [0, 0.05) is 12.6 Å². The van der Waals surface area contributed by atoms with E-state index in [0.717, 1.165) is 19.3 Å². The van der Waals surface area contributed by atoms with Gasteiger partial charge in [0.2, 0.25) is 0 Å². The molecule has 0 aliphatic heterocycles. The first-order valence-corrected chi connectivity index (χ1v) is 8.72. The molecule has 2 N–H and O–H groups in total. The van der Waals surface area contributed by atoms with Crippen LogP contribution in [0.3, 0.4) is 0 Å². The highest BCUT2D eigenvalue weighted by Gasteiger charge is 2.14. The first-order chi connectivity index (χ1) is 11.6. The Balaban J connectivity index is 2.77. The predicted molar refractivity (Wildman–Crippen MR) is 97.3 cm³/mol. The van der Waals surface area contributed by atoms with Crippen LogP contribution in [0.5, 0.6) is 5.75 Å². The third kappa shape index (κ3) is 7.75. The van der Waals surface area contributed by atoms with Crippen LogP contribution in [0.4, 0.5) is 5.82 Å². The minimum atomic E-state index is 0.138. The van der Waals surface area contributed by atoms with Gasteiger partial charge in [-0.25, -0.2) is 9.97 Å². The van der Waals surface area contributed by atoms with Crippen LogP contribution in [-0.4, -0.2) is 47.0 Å². The number of aliphatic hydroxyl groups is 1. The van der Waals surface area contributed by atoms with Crippen LogP contribution in [0.15, 0.2) is 12.8 Å². The third-order valence-electron chi connectivity index (χ3n) is 3.47. The highest BCUT2D eigenvalue weighted by molar-refractivity contribution is 5.52. The number of hydrogen-bond acceptors (Lipinski definition) is 6. The van der Waals surface area contributed by atoms with Gasteiger partial charge in [-0.15, -0.1) is 0 Å². The first-order valence-electron chi connectivity index (χ1n) is 8.72. The summed E-state index contributed by atoms with van der Waals surface area (Å²) in [6.45, 7) is 10.9. The Kier molecular flexibility index (Phi) is 10.0. The largest absolute Gasteiger partial charge is 0.486 e. The Morgan fingerprint density at radius 3 is 2.75 bits per heavy atom. The van der Waals surface area contributed by atoms with Crippen molar-refractivity contribution in [1.29, 1.82) is 0 Å². The maximum absolute atomic E-state index is 9.27. The molecule has 0 radical (unpaired) electrons. The lowest BCUT2D eigenvalue weighted by Gasteiger charge is -2.20. The van der Waals surface area contributed by atoms with E-state index in [4.69, 9.17) is 9.47 Å². The second kappa shape index (κ2) is 11.8. The smallest absolute Gasteiger partial charge is 0.180 e. The summed E-state index contributed by atoms with van der Waals surface area (Å²) in [5.74, 6) is 1.77. The molecule has 6 nitrogen and oxygen atoms in total. The maximum Gasteiger partial charge on any atom is 0.180 e. The van der Waals surface area contributed by atoms with Crippen molar-refractivity contribution in [3.63, 3.8) is 0 Å². The molecule has 0 saturated heterocycles. The van der Waals surface area contributed by atoms with Gasteiger partial charge < -0.3 is 19.9 Å². The lowest BCUT2D eigenvalue weighted by molar-refractivity contribution is 0.0552. The van der Waals surface area contributed by atoms with Crippen molar-refractivity contribution in [2.45, 2.75) is 58.6 Å². The first kappa shape index (κ1) is 20.4. The van der Waals surface area contributed by atoms with Crippen LogP contribution in [0, 0.1) is 0 Å². The van der Waals surface area contributed by atoms with E-state index < -0.39 is 0 Å². The highest BCUT2D eigenvalue weighted by atomic mass is 16.5. The van der Waals surface area contributed by atoms with Crippen molar-refractivity contribution in [3.05, 3.63) is 18.6 Å². The van der Waals surface area contributed by atoms with E-state index in [-0.39, 0.29) is 18.8 Å². The molecular formula is C18H31N3O3. The number of rotatable bonds is 13. The molecule has 1 atom stereocenters. The summed E-state index contributed by atoms with van der Waals surface area (Å²) >= 11 is 0. The second-order valence-corrected chi connectivity index (χ2v) is 5.91. The Morgan fingerprint density at radius 2 is 2.12 bits per heavy atom. The molecule has 0 aliphatic carbocycles. The van der Waals surface area contributed by atoms with Crippen LogP contribution in [-0.2, 0) is 4.74 Å². The van der Waals surface area contributed by atoms with Gasteiger partial charge >= 0.3 is 0 Å². The average Bonchev–Trinajstić information content (AvgIpc) is 2.57. The fourth-order valence-corrected chi connectivity index (χ4v) is 2.22. The third-order valence-corrected chi connectivity index (χ3v) is 3.47. The quantitative estimate of drug-likeness (QED) is 0.538. The Morgan fingerprint density at radius 1 is 1.33 bits per heavy atom. The second-order valence-electron chi connectivity index (χ2n) is 5.91. The summed E-state index contributed by atoms with van der Waals surface area (Å²) in [5.41, 5.74) is 0. The van der Waals surface area contributed by atoms with Crippen LogP contribution in [0.2, 0.25) is 0 Å². The monoisotopic (exact) mass is 337 g/mol. The van der Waals surface area contributed by atoms with Gasteiger partial charge in [-0.1, -0.05) is 26.3 Å². The molecule has 0 bridgehead atoms. The van der Waals surface area contributed by atoms with Crippen molar-refractivity contribution in [1.82, 2.24) is 9.97 Å². The topological polar surface area (TPSA) is 76.5 Å². The van der Waals surface area contributed by atoms with E-state index in [0.29, 0.717) is 37.0 Å². The summed E-state index contributed by atoms with van der Waals surface area (Å²) in [5, 5.41) is 12.7. The Hall–Kier alpha value is -1.66. The van der Waals surface area contributed by atoms with E-state index in [9.17, 15) is 5.11 Å². The molecule has 24 heavy (non-hydrogen) atoms. The Bertz CT molecular complexity index is 481. The van der Waals surface area contributed by atoms with Crippen LogP contribution >= 0.6 is 0 Å². The van der Waals surface area contributed by atoms with Gasteiger partial charge in [-0.05, 0) is 32.8 Å². The van der Waals surface area contributed by atoms with Crippen LogP contribution in [0.25, 0.3) is 6.08 Å². The molecule has 0 saturated carbocycles. The zero-order valence-corrected chi connectivity index (χ0v) is 15.1. The maximum atomic E-state index is 9.27. The van der Waals surface area contributed by atoms with Crippen LogP contribution < -0.4 is 10.1 Å². The number of aromatic nitrogens is 2. The number of anilines is 1. The predicted octanol–water partition coefficient (Wildman–Crippen LogP) is 3.28. The molecule has 0 fully saturated rings. The van der Waals surface area contributed by atoms with Crippen molar-refractivity contribution >= 4 is 11.9 Å². The number of aliphatic hydroxyl groups excluding tert-OH is 1. The molecule has 1 aromatic rings. The lowest BCUT2D eigenvalue weighted by Crippen LogP contribution is -2.23. The van der Waals surface area contributed by atoms with Gasteiger partial charge in [0.15, 0.2) is 17.4 Å². The van der Waals surface area contributed by atoms with Gasteiger partial charge in [0.25, 0.3) is 0 Å². The molecule has 0 spiro atoms. The van der Waals surface area contributed by atoms with Gasteiger partial charge in [-0.2, -0.15) is 0 Å². The molecule has 1 aromatic heterocycles. The standard InChI is InChI=1S/C18H31N3O3/c1-5-7-8-15(9-10-22)20-18-16(13-19-17(6-2)21-18)24-12-11-23-14(3)4/h6,13-15,22H,2,5,7-12H2,1,3-4H3,(H,19,20,21)/t15-/m0/s1. The number of hydrogen-bond donors (Lipinski definition) is 2. The minimum Gasteiger partial charge on any atom is -0.486 e. The zero-order chi connectivity index (χ0) is 17.8. The molecule has 136 valence electrons. The van der Waals surface area contributed by atoms with Crippen molar-refractivity contribution < 1.29 is 14.6 Å². The fourth-order valence-electron chi connectivity index (χ4n) is 2.22.